The van der Waals surface area contributed by atoms with Crippen molar-refractivity contribution >= 4 is 34.8 Å². The van der Waals surface area contributed by atoms with Gasteiger partial charge in [-0.3, -0.25) is 9.59 Å². The fourth-order valence-corrected chi connectivity index (χ4v) is 4.33. The molecular formula is C16H14ClN3O2S. The van der Waals surface area contributed by atoms with E-state index in [1.165, 1.54) is 11.3 Å². The highest BCUT2D eigenvalue weighted by atomic mass is 35.5. The van der Waals surface area contributed by atoms with Gasteiger partial charge in [0.15, 0.2) is 0 Å². The van der Waals surface area contributed by atoms with Gasteiger partial charge < -0.3 is 10.6 Å². The molecule has 118 valence electrons. The average Bonchev–Trinajstić information content (AvgIpc) is 2.98. The molecule has 0 unspecified atom stereocenters. The maximum absolute atomic E-state index is 13.0. The third kappa shape index (κ3) is 2.42. The molecule has 2 heterocycles. The van der Waals surface area contributed by atoms with Crippen LogP contribution in [0, 0.1) is 5.92 Å². The number of rotatable bonds is 3. The van der Waals surface area contributed by atoms with Gasteiger partial charge in [-0.15, -0.1) is 11.3 Å². The van der Waals surface area contributed by atoms with E-state index in [4.69, 9.17) is 17.3 Å². The monoisotopic (exact) mass is 347 g/mol. The molecule has 1 aromatic carbocycles. The van der Waals surface area contributed by atoms with E-state index in [9.17, 15) is 9.59 Å². The van der Waals surface area contributed by atoms with Crippen LogP contribution in [0.5, 0.6) is 0 Å². The summed E-state index contributed by atoms with van der Waals surface area (Å²) in [5, 5.41) is 0.604. The Bertz CT molecular complexity index is 806. The van der Waals surface area contributed by atoms with Crippen LogP contribution in [0.25, 0.3) is 10.4 Å². The maximum atomic E-state index is 13.0. The Kier molecular flexibility index (Phi) is 3.39. The molecule has 2 aromatic rings. The van der Waals surface area contributed by atoms with Crippen molar-refractivity contribution in [3.8, 4) is 10.4 Å². The number of fused-ring (bicyclic) bond motifs is 1. The fraction of sp³-hybridized carbons (Fsp3) is 0.312. The highest BCUT2D eigenvalue weighted by molar-refractivity contribution is 7.13. The third-order valence-electron chi connectivity index (χ3n) is 4.52. The lowest BCUT2D eigenvalue weighted by molar-refractivity contribution is -0.122. The van der Waals surface area contributed by atoms with Crippen LogP contribution >= 0.6 is 22.9 Å². The number of hydrogen-bond donors (Lipinski definition) is 1. The topological polar surface area (TPSA) is 76.3 Å². The summed E-state index contributed by atoms with van der Waals surface area (Å²) in [6.07, 6.45) is 1.62. The minimum absolute atomic E-state index is 0.133. The van der Waals surface area contributed by atoms with Gasteiger partial charge in [-0.25, -0.2) is 4.98 Å². The fourth-order valence-electron chi connectivity index (χ4n) is 3.36. The summed E-state index contributed by atoms with van der Waals surface area (Å²) >= 11 is 7.43. The molecule has 0 bridgehead atoms. The predicted molar refractivity (Wildman–Crippen MR) is 88.2 cm³/mol. The number of hydrogen-bond acceptors (Lipinski definition) is 4. The Balaban J connectivity index is 1.70. The van der Waals surface area contributed by atoms with Gasteiger partial charge in [-0.05, 0) is 36.5 Å². The number of primary amides is 1. The van der Waals surface area contributed by atoms with E-state index in [2.05, 4.69) is 4.98 Å². The lowest BCUT2D eigenvalue weighted by Gasteiger charge is -2.24. The van der Waals surface area contributed by atoms with Crippen LogP contribution in [0.1, 0.15) is 23.3 Å². The second kappa shape index (κ2) is 5.32. The zero-order valence-electron chi connectivity index (χ0n) is 12.1. The van der Waals surface area contributed by atoms with Gasteiger partial charge in [-0.2, -0.15) is 0 Å². The van der Waals surface area contributed by atoms with Crippen molar-refractivity contribution in [1.29, 1.82) is 0 Å². The molecule has 1 saturated carbocycles. The van der Waals surface area contributed by atoms with Gasteiger partial charge >= 0.3 is 0 Å². The number of amides is 2. The number of nitrogens with zero attached hydrogens (tertiary/aromatic N) is 2. The Morgan fingerprint density at radius 1 is 1.35 bits per heavy atom. The average molecular weight is 348 g/mol. The molecule has 2 amide bonds. The molecule has 1 saturated heterocycles. The SMILES string of the molecule is NC(=O)[C@@H]1C[C@H]2C[C@@H]2N1C(=O)c1ncsc1-c1cccc(Cl)c1. The first-order chi connectivity index (χ1) is 11.1. The number of nitrogens with two attached hydrogens (primary N) is 1. The van der Waals surface area contributed by atoms with E-state index in [0.29, 0.717) is 23.1 Å². The molecule has 1 aromatic heterocycles. The summed E-state index contributed by atoms with van der Waals surface area (Å²) in [6, 6.07) is 6.94. The Morgan fingerprint density at radius 3 is 2.91 bits per heavy atom. The first kappa shape index (κ1) is 14.7. The molecule has 0 radical (unpaired) electrons. The van der Waals surface area contributed by atoms with Gasteiger partial charge in [0.1, 0.15) is 11.7 Å². The summed E-state index contributed by atoms with van der Waals surface area (Å²) in [5.41, 5.74) is 8.33. The van der Waals surface area contributed by atoms with Crippen LogP contribution in [-0.2, 0) is 4.79 Å². The molecule has 1 aliphatic carbocycles. The Labute approximate surface area is 142 Å². The molecule has 2 fully saturated rings. The molecule has 2 N–H and O–H groups in total. The normalized spacial score (nSPS) is 25.3. The van der Waals surface area contributed by atoms with E-state index in [-0.39, 0.29) is 11.9 Å². The zero-order chi connectivity index (χ0) is 16.1. The second-order valence-electron chi connectivity index (χ2n) is 5.97. The van der Waals surface area contributed by atoms with E-state index in [1.807, 2.05) is 12.1 Å². The van der Waals surface area contributed by atoms with Crippen LogP contribution in [0.15, 0.2) is 29.8 Å². The van der Waals surface area contributed by atoms with Crippen molar-refractivity contribution in [2.24, 2.45) is 11.7 Å². The standard InChI is InChI=1S/C16H14ClN3O2S/c17-10-3-1-2-8(4-10)14-13(19-7-23-14)16(22)20-11-5-9(11)6-12(20)15(18)21/h1-4,7,9,11-12H,5-6H2,(H2,18,21)/t9-,11+,12+/m1/s1. The molecule has 0 spiro atoms. The van der Waals surface area contributed by atoms with Gasteiger partial charge in [0.05, 0.1) is 10.4 Å². The first-order valence-electron chi connectivity index (χ1n) is 7.37. The molecule has 2 aliphatic rings. The predicted octanol–water partition coefficient (Wildman–Crippen LogP) is 2.55. The molecule has 1 aliphatic heterocycles. The largest absolute Gasteiger partial charge is 0.368 e. The minimum atomic E-state index is -0.514. The van der Waals surface area contributed by atoms with Gasteiger partial charge in [0, 0.05) is 11.1 Å². The summed E-state index contributed by atoms with van der Waals surface area (Å²) in [7, 11) is 0. The molecule has 4 rings (SSSR count). The molecule has 7 heteroatoms. The Hall–Kier alpha value is -1.92. The second-order valence-corrected chi connectivity index (χ2v) is 7.26. The zero-order valence-corrected chi connectivity index (χ0v) is 13.7. The number of piperidine rings is 1. The number of halogens is 1. The van der Waals surface area contributed by atoms with E-state index >= 15 is 0 Å². The van der Waals surface area contributed by atoms with Crippen LogP contribution < -0.4 is 5.73 Å². The van der Waals surface area contributed by atoms with Crippen molar-refractivity contribution in [1.82, 2.24) is 9.88 Å². The number of aromatic nitrogens is 1. The summed E-state index contributed by atoms with van der Waals surface area (Å²) in [4.78, 5) is 31.3. The molecule has 23 heavy (non-hydrogen) atoms. The van der Waals surface area contributed by atoms with Crippen molar-refractivity contribution < 1.29 is 9.59 Å². The van der Waals surface area contributed by atoms with E-state index < -0.39 is 11.9 Å². The molecular weight excluding hydrogens is 334 g/mol. The number of carbonyl (C=O) groups excluding carboxylic acids is 2. The first-order valence-corrected chi connectivity index (χ1v) is 8.63. The number of likely N-dealkylation sites (tertiary alicyclic amines) is 1. The lowest BCUT2D eigenvalue weighted by atomic mass is 10.1. The summed E-state index contributed by atoms with van der Waals surface area (Å²) in [5.74, 6) is -0.246. The smallest absolute Gasteiger partial charge is 0.274 e. The van der Waals surface area contributed by atoms with E-state index in [1.54, 1.807) is 22.5 Å². The van der Waals surface area contributed by atoms with Crippen LogP contribution in [0.2, 0.25) is 5.02 Å². The number of carbonyl (C=O) groups is 2. The Morgan fingerprint density at radius 2 is 2.17 bits per heavy atom. The van der Waals surface area contributed by atoms with Gasteiger partial charge in [0.2, 0.25) is 5.91 Å². The van der Waals surface area contributed by atoms with Crippen molar-refractivity contribution in [2.75, 3.05) is 0 Å². The maximum Gasteiger partial charge on any atom is 0.274 e. The molecule has 3 atom stereocenters. The quantitative estimate of drug-likeness (QED) is 0.927. The van der Waals surface area contributed by atoms with Crippen molar-refractivity contribution in [3.63, 3.8) is 0 Å². The van der Waals surface area contributed by atoms with Gasteiger partial charge in [0.25, 0.3) is 5.91 Å². The van der Waals surface area contributed by atoms with Crippen LogP contribution in [-0.4, -0.2) is 33.8 Å². The number of thiazole rings is 1. The minimum Gasteiger partial charge on any atom is -0.368 e. The third-order valence-corrected chi connectivity index (χ3v) is 5.63. The van der Waals surface area contributed by atoms with Crippen molar-refractivity contribution in [2.45, 2.75) is 24.9 Å². The van der Waals surface area contributed by atoms with E-state index in [0.717, 1.165) is 16.9 Å². The van der Waals surface area contributed by atoms with Crippen LogP contribution in [0.3, 0.4) is 0 Å². The van der Waals surface area contributed by atoms with Crippen molar-refractivity contribution in [3.05, 3.63) is 40.5 Å². The highest BCUT2D eigenvalue weighted by Gasteiger charge is 2.56. The summed E-state index contributed by atoms with van der Waals surface area (Å²) < 4.78 is 0. The molecule has 5 nitrogen and oxygen atoms in total. The summed E-state index contributed by atoms with van der Waals surface area (Å²) in [6.45, 7) is 0. The van der Waals surface area contributed by atoms with Crippen LogP contribution in [0.4, 0.5) is 0 Å². The lowest BCUT2D eigenvalue weighted by Crippen LogP contribution is -2.46. The number of benzene rings is 1. The highest BCUT2D eigenvalue weighted by Crippen LogP contribution is 2.48. The van der Waals surface area contributed by atoms with Gasteiger partial charge in [-0.1, -0.05) is 23.7 Å².